The molecule has 0 saturated heterocycles. The number of aryl methyl sites for hydroxylation is 2. The zero-order valence-electron chi connectivity index (χ0n) is 16.4. The highest BCUT2D eigenvalue weighted by Gasteiger charge is 2.20. The largest absolute Gasteiger partial charge is 0.322 e. The predicted octanol–water partition coefficient (Wildman–Crippen LogP) is 4.45. The molecule has 0 fully saturated rings. The minimum atomic E-state index is -0.332. The maximum atomic E-state index is 12.8. The first-order valence-electron chi connectivity index (χ1n) is 9.03. The number of nitrogens with zero attached hydrogens (tertiary/aromatic N) is 2. The van der Waals surface area contributed by atoms with Crippen LogP contribution in [0.2, 0.25) is 5.02 Å². The van der Waals surface area contributed by atoms with Crippen LogP contribution in [0.1, 0.15) is 44.5 Å². The average Bonchev–Trinajstić information content (AvgIpc) is 3.04. The molecule has 6 nitrogen and oxygen atoms in total. The third-order valence-corrected chi connectivity index (χ3v) is 4.95. The van der Waals surface area contributed by atoms with E-state index in [-0.39, 0.29) is 18.1 Å². The van der Waals surface area contributed by atoms with Gasteiger partial charge in [0.2, 0.25) is 0 Å². The van der Waals surface area contributed by atoms with E-state index in [0.717, 1.165) is 11.1 Å². The summed E-state index contributed by atoms with van der Waals surface area (Å²) in [5.74, 6) is -0.458. The normalized spacial score (nSPS) is 10.6. The van der Waals surface area contributed by atoms with Gasteiger partial charge in [-0.15, -0.1) is 0 Å². The van der Waals surface area contributed by atoms with Gasteiger partial charge in [0.15, 0.2) is 5.78 Å². The molecule has 0 saturated carbocycles. The number of amides is 1. The van der Waals surface area contributed by atoms with Crippen molar-refractivity contribution in [1.29, 1.82) is 5.41 Å². The van der Waals surface area contributed by atoms with Crippen molar-refractivity contribution < 1.29 is 9.59 Å². The molecule has 148 valence electrons. The summed E-state index contributed by atoms with van der Waals surface area (Å²) in [7, 11) is 1.70. The average molecular weight is 409 g/mol. The second-order valence-corrected chi connectivity index (χ2v) is 7.28. The monoisotopic (exact) mass is 408 g/mol. The van der Waals surface area contributed by atoms with Crippen LogP contribution in [0.15, 0.2) is 48.7 Å². The zero-order valence-corrected chi connectivity index (χ0v) is 17.2. The number of benzene rings is 2. The Morgan fingerprint density at radius 1 is 1.14 bits per heavy atom. The lowest BCUT2D eigenvalue weighted by molar-refractivity contribution is 0.0990. The van der Waals surface area contributed by atoms with Crippen molar-refractivity contribution in [3.63, 3.8) is 0 Å². The van der Waals surface area contributed by atoms with Gasteiger partial charge >= 0.3 is 0 Å². The van der Waals surface area contributed by atoms with E-state index in [9.17, 15) is 9.59 Å². The molecule has 29 heavy (non-hydrogen) atoms. The standard InChI is InChI=1S/C22H21ClN4O2/c1-13-10-17(23)8-9-19(13)26-22(29)18-12-25-27(3)20(18)11-21(28)16-6-4-15(5-7-16)14(2)24/h4-10,12,24H,11H2,1-3H3,(H,26,29). The molecule has 3 aromatic rings. The summed E-state index contributed by atoms with van der Waals surface area (Å²) in [6, 6.07) is 12.1. The first-order valence-corrected chi connectivity index (χ1v) is 9.41. The summed E-state index contributed by atoms with van der Waals surface area (Å²) in [5, 5.41) is 15.2. The van der Waals surface area contributed by atoms with Crippen molar-refractivity contribution in [2.75, 3.05) is 5.32 Å². The Hall–Kier alpha value is -3.25. The third-order valence-electron chi connectivity index (χ3n) is 4.71. The number of nitrogens with one attached hydrogen (secondary N) is 2. The molecule has 7 heteroatoms. The Balaban J connectivity index is 1.80. The maximum absolute atomic E-state index is 12.8. The molecule has 3 rings (SSSR count). The van der Waals surface area contributed by atoms with Crippen LogP contribution in [0, 0.1) is 12.3 Å². The Morgan fingerprint density at radius 3 is 2.41 bits per heavy atom. The van der Waals surface area contributed by atoms with Gasteiger partial charge in [-0.05, 0) is 43.2 Å². The number of halogens is 1. The molecular weight excluding hydrogens is 388 g/mol. The number of Topliss-reactive ketones (excluding diaryl/α,β-unsaturated/α-hetero) is 1. The van der Waals surface area contributed by atoms with Crippen molar-refractivity contribution >= 4 is 34.7 Å². The fourth-order valence-electron chi connectivity index (χ4n) is 2.98. The molecular formula is C22H21ClN4O2. The lowest BCUT2D eigenvalue weighted by Crippen LogP contribution is -2.17. The fraction of sp³-hybridized carbons (Fsp3) is 0.182. The molecule has 0 atom stereocenters. The number of anilines is 1. The summed E-state index contributed by atoms with van der Waals surface area (Å²) >= 11 is 5.97. The van der Waals surface area contributed by atoms with Crippen LogP contribution < -0.4 is 5.32 Å². The number of carbonyl (C=O) groups is 2. The molecule has 0 aliphatic heterocycles. The lowest BCUT2D eigenvalue weighted by atomic mass is 10.0. The minimum Gasteiger partial charge on any atom is -0.322 e. The molecule has 0 radical (unpaired) electrons. The van der Waals surface area contributed by atoms with Gasteiger partial charge in [-0.3, -0.25) is 14.3 Å². The summed E-state index contributed by atoms with van der Waals surface area (Å²) in [6.45, 7) is 3.55. The van der Waals surface area contributed by atoms with E-state index in [1.807, 2.05) is 6.92 Å². The Bertz CT molecular complexity index is 1100. The second-order valence-electron chi connectivity index (χ2n) is 6.84. The van der Waals surface area contributed by atoms with Crippen LogP contribution >= 0.6 is 11.6 Å². The third kappa shape index (κ3) is 4.60. The SMILES string of the molecule is CC(=N)c1ccc(C(=O)Cc2c(C(=O)Nc3ccc(Cl)cc3C)cnn2C)cc1. The molecule has 0 aliphatic rings. The molecule has 2 aromatic carbocycles. The highest BCUT2D eigenvalue weighted by atomic mass is 35.5. The molecule has 0 bridgehead atoms. The Kier molecular flexibility index (Phi) is 5.94. The van der Waals surface area contributed by atoms with Gasteiger partial charge in [-0.1, -0.05) is 35.9 Å². The van der Waals surface area contributed by atoms with Crippen LogP contribution in [0.3, 0.4) is 0 Å². The summed E-state index contributed by atoms with van der Waals surface area (Å²) in [4.78, 5) is 25.5. The molecule has 2 N–H and O–H groups in total. The molecule has 1 heterocycles. The van der Waals surface area contributed by atoms with Crippen molar-refractivity contribution in [1.82, 2.24) is 9.78 Å². The van der Waals surface area contributed by atoms with Crippen molar-refractivity contribution in [2.45, 2.75) is 20.3 Å². The molecule has 0 spiro atoms. The van der Waals surface area contributed by atoms with Crippen LogP contribution in [0.25, 0.3) is 0 Å². The van der Waals surface area contributed by atoms with Crippen LogP contribution in [0.5, 0.6) is 0 Å². The first-order chi connectivity index (χ1) is 13.8. The van der Waals surface area contributed by atoms with E-state index in [4.69, 9.17) is 17.0 Å². The number of rotatable bonds is 6. The van der Waals surface area contributed by atoms with Crippen LogP contribution in [-0.2, 0) is 13.5 Å². The highest BCUT2D eigenvalue weighted by Crippen LogP contribution is 2.21. The second kappa shape index (κ2) is 8.41. The number of ketones is 1. The summed E-state index contributed by atoms with van der Waals surface area (Å²) < 4.78 is 1.54. The van der Waals surface area contributed by atoms with Gasteiger partial charge in [0, 0.05) is 29.0 Å². The lowest BCUT2D eigenvalue weighted by Gasteiger charge is -2.10. The van der Waals surface area contributed by atoms with Crippen LogP contribution in [-0.4, -0.2) is 27.2 Å². The van der Waals surface area contributed by atoms with Gasteiger partial charge in [-0.25, -0.2) is 0 Å². The Morgan fingerprint density at radius 2 is 1.79 bits per heavy atom. The van der Waals surface area contributed by atoms with E-state index in [1.54, 1.807) is 56.4 Å². The van der Waals surface area contributed by atoms with E-state index >= 15 is 0 Å². The fourth-order valence-corrected chi connectivity index (χ4v) is 3.21. The van der Waals surface area contributed by atoms with Crippen molar-refractivity contribution in [3.8, 4) is 0 Å². The number of aromatic nitrogens is 2. The van der Waals surface area contributed by atoms with Gasteiger partial charge < -0.3 is 10.7 Å². The van der Waals surface area contributed by atoms with Gasteiger partial charge in [0.1, 0.15) is 0 Å². The van der Waals surface area contributed by atoms with E-state index in [0.29, 0.717) is 33.2 Å². The first kappa shape index (κ1) is 20.5. The number of hydrogen-bond acceptors (Lipinski definition) is 4. The van der Waals surface area contributed by atoms with E-state index < -0.39 is 0 Å². The van der Waals surface area contributed by atoms with Crippen LogP contribution in [0.4, 0.5) is 5.69 Å². The van der Waals surface area contributed by atoms with Gasteiger partial charge in [0.05, 0.1) is 23.9 Å². The van der Waals surface area contributed by atoms with E-state index in [1.165, 1.54) is 10.9 Å². The smallest absolute Gasteiger partial charge is 0.259 e. The van der Waals surface area contributed by atoms with Crippen molar-refractivity contribution in [2.24, 2.45) is 7.05 Å². The predicted molar refractivity (Wildman–Crippen MR) is 114 cm³/mol. The summed E-state index contributed by atoms with van der Waals surface area (Å²) in [5.41, 5.74) is 4.10. The maximum Gasteiger partial charge on any atom is 0.259 e. The molecule has 0 unspecified atom stereocenters. The number of carbonyl (C=O) groups excluding carboxylic acids is 2. The Labute approximate surface area is 174 Å². The molecule has 1 aromatic heterocycles. The van der Waals surface area contributed by atoms with Gasteiger partial charge in [0.25, 0.3) is 5.91 Å². The quantitative estimate of drug-likeness (QED) is 0.466. The van der Waals surface area contributed by atoms with Gasteiger partial charge in [-0.2, -0.15) is 5.10 Å². The zero-order chi connectivity index (χ0) is 21.1. The molecule has 1 amide bonds. The molecule has 0 aliphatic carbocycles. The number of hydrogen-bond donors (Lipinski definition) is 2. The van der Waals surface area contributed by atoms with Crippen molar-refractivity contribution in [3.05, 3.63) is 81.6 Å². The topological polar surface area (TPSA) is 87.8 Å². The summed E-state index contributed by atoms with van der Waals surface area (Å²) in [6.07, 6.45) is 1.51. The minimum absolute atomic E-state index is 0.0434. The van der Waals surface area contributed by atoms with E-state index in [2.05, 4.69) is 10.4 Å². The highest BCUT2D eigenvalue weighted by molar-refractivity contribution is 6.30.